The van der Waals surface area contributed by atoms with Gasteiger partial charge in [0, 0.05) is 0 Å². The molecule has 9 atom stereocenters. The van der Waals surface area contributed by atoms with Gasteiger partial charge in [-0.05, 0) is 5.56 Å². The number of aliphatic hydroxyl groups excluding tert-OH is 6. The van der Waals surface area contributed by atoms with Crippen LogP contribution in [0.3, 0.4) is 0 Å². The Kier molecular flexibility index (Phi) is 7.93. The lowest BCUT2D eigenvalue weighted by Gasteiger charge is -2.44. The minimum atomic E-state index is -1.42. The molecule has 0 unspecified atom stereocenters. The highest BCUT2D eigenvalue weighted by Crippen LogP contribution is 2.28. The highest BCUT2D eigenvalue weighted by molar-refractivity contribution is 5.13. The summed E-state index contributed by atoms with van der Waals surface area (Å²) in [5.74, 6) is 0. The van der Waals surface area contributed by atoms with E-state index in [0.717, 1.165) is 5.56 Å². The first-order chi connectivity index (χ1) is 14.0. The molecule has 2 heterocycles. The van der Waals surface area contributed by atoms with Crippen molar-refractivity contribution < 1.29 is 49.6 Å². The van der Waals surface area contributed by atoms with Gasteiger partial charge in [0.1, 0.15) is 48.8 Å². The summed E-state index contributed by atoms with van der Waals surface area (Å²) >= 11 is 0. The highest BCUT2D eigenvalue weighted by atomic mass is 16.7. The molecule has 0 aliphatic carbocycles. The molecule has 1 aromatic carbocycles. The van der Waals surface area contributed by atoms with E-state index >= 15 is 0 Å². The van der Waals surface area contributed by atoms with E-state index in [1.807, 2.05) is 30.3 Å². The maximum atomic E-state index is 10.5. The lowest BCUT2D eigenvalue weighted by Crippen LogP contribution is -2.63. The Bertz CT molecular complexity index is 616. The predicted molar refractivity (Wildman–Crippen MR) is 96.5 cm³/mol. The molecule has 2 aliphatic rings. The molecule has 2 fully saturated rings. The fraction of sp³-hybridized carbons (Fsp3) is 0.684. The van der Waals surface area contributed by atoms with E-state index in [4.69, 9.17) is 24.1 Å². The largest absolute Gasteiger partial charge is 0.394 e. The van der Waals surface area contributed by atoms with Crippen molar-refractivity contribution in [2.24, 2.45) is 0 Å². The van der Waals surface area contributed by atoms with Crippen LogP contribution in [0.4, 0.5) is 0 Å². The second-order valence-corrected chi connectivity index (χ2v) is 7.18. The molecule has 0 spiro atoms. The van der Waals surface area contributed by atoms with E-state index in [-0.39, 0.29) is 13.2 Å². The smallest absolute Gasteiger partial charge is 0.187 e. The van der Waals surface area contributed by atoms with E-state index in [2.05, 4.69) is 0 Å². The number of hydrogen-bond acceptors (Lipinski definition) is 10. The van der Waals surface area contributed by atoms with Gasteiger partial charge in [-0.2, -0.15) is 0 Å². The SMILES string of the molecule is OC[C@@H]1O[C@@H](O[C@H]2CO[C@H](CO)[C@@H](O)[C@@H]2O)[C@@H](OCc2ccccc2)[C@H](O)[C@@H]1O. The fourth-order valence-electron chi connectivity index (χ4n) is 3.42. The second-order valence-electron chi connectivity index (χ2n) is 7.18. The van der Waals surface area contributed by atoms with Gasteiger partial charge in [-0.15, -0.1) is 0 Å². The van der Waals surface area contributed by atoms with Gasteiger partial charge in [-0.3, -0.25) is 0 Å². The average Bonchev–Trinajstić information content (AvgIpc) is 2.74. The first-order valence-electron chi connectivity index (χ1n) is 9.48. The van der Waals surface area contributed by atoms with Crippen LogP contribution in [-0.4, -0.2) is 106 Å². The highest BCUT2D eigenvalue weighted by Gasteiger charge is 2.48. The minimum absolute atomic E-state index is 0.0984. The average molecular weight is 416 g/mol. The third kappa shape index (κ3) is 5.12. The zero-order valence-corrected chi connectivity index (χ0v) is 15.7. The van der Waals surface area contributed by atoms with Crippen LogP contribution >= 0.6 is 0 Å². The molecule has 0 saturated carbocycles. The van der Waals surface area contributed by atoms with Gasteiger partial charge in [0.25, 0.3) is 0 Å². The summed E-state index contributed by atoms with van der Waals surface area (Å²) in [5, 5.41) is 59.6. The zero-order chi connectivity index (χ0) is 21.0. The minimum Gasteiger partial charge on any atom is -0.394 e. The Morgan fingerprint density at radius 1 is 0.862 bits per heavy atom. The Hall–Kier alpha value is -1.18. The van der Waals surface area contributed by atoms with Crippen LogP contribution in [-0.2, 0) is 25.6 Å². The molecule has 10 heteroatoms. The standard InChI is InChI=1S/C19H28O10/c20-6-11-14(22)16(24)13(9-26-11)29-19-18(17(25)15(23)12(7-21)28-19)27-8-10-4-2-1-3-5-10/h1-5,11-25H,6-9H2/t11-,12+,13+,14-,15-,16-,17-,18+,19+/m1/s1. The molecule has 0 radical (unpaired) electrons. The van der Waals surface area contributed by atoms with E-state index < -0.39 is 68.3 Å². The van der Waals surface area contributed by atoms with Gasteiger partial charge in [-0.25, -0.2) is 0 Å². The summed E-state index contributed by atoms with van der Waals surface area (Å²) in [7, 11) is 0. The van der Waals surface area contributed by atoms with E-state index in [1.54, 1.807) is 0 Å². The van der Waals surface area contributed by atoms with Crippen molar-refractivity contribution in [3.8, 4) is 0 Å². The Labute approximate surface area is 167 Å². The normalized spacial score (nSPS) is 40.7. The molecule has 10 nitrogen and oxygen atoms in total. The van der Waals surface area contributed by atoms with E-state index in [0.29, 0.717) is 0 Å². The monoisotopic (exact) mass is 416 g/mol. The van der Waals surface area contributed by atoms with Gasteiger partial charge in [-0.1, -0.05) is 30.3 Å². The van der Waals surface area contributed by atoms with Gasteiger partial charge < -0.3 is 49.6 Å². The van der Waals surface area contributed by atoms with Crippen molar-refractivity contribution in [1.82, 2.24) is 0 Å². The molecule has 2 saturated heterocycles. The molecule has 0 amide bonds. The van der Waals surface area contributed by atoms with Crippen LogP contribution in [0.1, 0.15) is 5.56 Å². The van der Waals surface area contributed by atoms with Crippen LogP contribution in [0.2, 0.25) is 0 Å². The number of hydrogen-bond donors (Lipinski definition) is 6. The fourth-order valence-corrected chi connectivity index (χ4v) is 3.42. The Balaban J connectivity index is 1.71. The van der Waals surface area contributed by atoms with Gasteiger partial charge in [0.05, 0.1) is 26.4 Å². The molecule has 6 N–H and O–H groups in total. The maximum Gasteiger partial charge on any atom is 0.187 e. The number of rotatable bonds is 7. The topological polar surface area (TPSA) is 158 Å². The summed E-state index contributed by atoms with van der Waals surface area (Å²) in [6.45, 7) is -1.08. The van der Waals surface area contributed by atoms with E-state index in [1.165, 1.54) is 0 Å². The molecular formula is C19H28O10. The van der Waals surface area contributed by atoms with Crippen LogP contribution in [0.25, 0.3) is 0 Å². The molecule has 0 aromatic heterocycles. The first-order valence-corrected chi connectivity index (χ1v) is 9.48. The predicted octanol–water partition coefficient (Wildman–Crippen LogP) is -2.49. The molecule has 2 aliphatic heterocycles. The number of benzene rings is 1. The van der Waals surface area contributed by atoms with Crippen LogP contribution in [0.15, 0.2) is 30.3 Å². The molecule has 1 aromatic rings. The van der Waals surface area contributed by atoms with Crippen LogP contribution < -0.4 is 0 Å². The molecule has 164 valence electrons. The summed E-state index contributed by atoms with van der Waals surface area (Å²) in [6, 6.07) is 9.14. The van der Waals surface area contributed by atoms with Crippen molar-refractivity contribution in [1.29, 1.82) is 0 Å². The van der Waals surface area contributed by atoms with E-state index in [9.17, 15) is 25.5 Å². The van der Waals surface area contributed by atoms with Gasteiger partial charge in [0.15, 0.2) is 6.29 Å². The lowest BCUT2D eigenvalue weighted by molar-refractivity contribution is -0.339. The molecular weight excluding hydrogens is 388 g/mol. The van der Waals surface area contributed by atoms with Crippen LogP contribution in [0, 0.1) is 0 Å². The Morgan fingerprint density at radius 2 is 1.52 bits per heavy atom. The van der Waals surface area contributed by atoms with Gasteiger partial charge in [0.2, 0.25) is 0 Å². The van der Waals surface area contributed by atoms with Crippen molar-refractivity contribution in [3.05, 3.63) is 35.9 Å². The lowest BCUT2D eigenvalue weighted by atomic mass is 9.97. The van der Waals surface area contributed by atoms with Crippen molar-refractivity contribution >= 4 is 0 Å². The maximum absolute atomic E-state index is 10.5. The zero-order valence-electron chi connectivity index (χ0n) is 15.7. The third-order valence-corrected chi connectivity index (χ3v) is 5.18. The molecule has 0 bridgehead atoms. The first kappa shape index (κ1) is 22.5. The van der Waals surface area contributed by atoms with Gasteiger partial charge >= 0.3 is 0 Å². The van der Waals surface area contributed by atoms with Crippen molar-refractivity contribution in [2.75, 3.05) is 19.8 Å². The van der Waals surface area contributed by atoms with Crippen molar-refractivity contribution in [2.45, 2.75) is 61.7 Å². The third-order valence-electron chi connectivity index (χ3n) is 5.18. The Morgan fingerprint density at radius 3 is 2.17 bits per heavy atom. The quantitative estimate of drug-likeness (QED) is 0.281. The summed E-state index contributed by atoms with van der Waals surface area (Å²) < 4.78 is 22.3. The number of aliphatic hydroxyl groups is 6. The second kappa shape index (κ2) is 10.2. The molecule has 3 rings (SSSR count). The summed E-state index contributed by atoms with van der Waals surface area (Å²) in [6.07, 6.45) is -11.1. The molecule has 29 heavy (non-hydrogen) atoms. The number of ether oxygens (including phenoxy) is 4. The summed E-state index contributed by atoms with van der Waals surface area (Å²) in [5.41, 5.74) is 0.819. The van der Waals surface area contributed by atoms with Crippen LogP contribution in [0.5, 0.6) is 0 Å². The van der Waals surface area contributed by atoms with Crippen molar-refractivity contribution in [3.63, 3.8) is 0 Å². The summed E-state index contributed by atoms with van der Waals surface area (Å²) in [4.78, 5) is 0.